The molecule has 0 saturated carbocycles. The maximum atomic E-state index is 11.7. The number of halogens is 3. The lowest BCUT2D eigenvalue weighted by atomic mass is 10.1. The lowest BCUT2D eigenvalue weighted by Crippen LogP contribution is -2.28. The van der Waals surface area contributed by atoms with Gasteiger partial charge in [0, 0.05) is 6.42 Å². The number of alkyl halides is 3. The predicted molar refractivity (Wildman–Crippen MR) is 55.5 cm³/mol. The van der Waals surface area contributed by atoms with E-state index in [0.29, 0.717) is 6.42 Å². The normalized spacial score (nSPS) is 11.1. The molecule has 0 bridgehead atoms. The summed E-state index contributed by atoms with van der Waals surface area (Å²) in [5, 5.41) is 0. The van der Waals surface area contributed by atoms with Crippen LogP contribution in [0.25, 0.3) is 0 Å². The van der Waals surface area contributed by atoms with E-state index in [4.69, 9.17) is 0 Å². The highest BCUT2D eigenvalue weighted by Crippen LogP contribution is 2.17. The van der Waals surface area contributed by atoms with E-state index in [-0.39, 0.29) is 6.42 Å². The van der Waals surface area contributed by atoms with Gasteiger partial charge in [-0.25, -0.2) is 4.79 Å². The lowest BCUT2D eigenvalue weighted by molar-refractivity contribution is -0.201. The first-order chi connectivity index (χ1) is 8.27. The van der Waals surface area contributed by atoms with Crippen molar-refractivity contribution in [2.75, 3.05) is 0 Å². The van der Waals surface area contributed by atoms with Gasteiger partial charge in [0.25, 0.3) is 0 Å². The van der Waals surface area contributed by atoms with Crippen LogP contribution in [0.1, 0.15) is 45.4 Å². The van der Waals surface area contributed by atoms with E-state index in [0.717, 1.165) is 19.3 Å². The molecule has 0 aromatic heterocycles. The summed E-state index contributed by atoms with van der Waals surface area (Å²) < 4.78 is 38.7. The highest BCUT2D eigenvalue weighted by Gasteiger charge is 2.42. The van der Waals surface area contributed by atoms with Crippen LogP contribution in [-0.4, -0.2) is 23.9 Å². The molecular weight excluding hydrogens is 253 g/mol. The van der Waals surface area contributed by atoms with Gasteiger partial charge in [-0.15, -0.1) is 0 Å². The zero-order valence-corrected chi connectivity index (χ0v) is 10.0. The van der Waals surface area contributed by atoms with Crippen LogP contribution in [0.2, 0.25) is 0 Å². The molecule has 0 aromatic rings. The molecular formula is C11H15F3O4. The Balaban J connectivity index is 3.88. The molecule has 0 aliphatic rings. The van der Waals surface area contributed by atoms with Crippen molar-refractivity contribution in [3.63, 3.8) is 0 Å². The van der Waals surface area contributed by atoms with Gasteiger partial charge in [0.2, 0.25) is 0 Å². The molecule has 0 saturated heterocycles. The third kappa shape index (κ3) is 7.81. The van der Waals surface area contributed by atoms with Gasteiger partial charge in [0.1, 0.15) is 12.2 Å². The van der Waals surface area contributed by atoms with E-state index >= 15 is 0 Å². The molecule has 0 rings (SSSR count). The molecule has 0 unspecified atom stereocenters. The number of unbranched alkanes of at least 4 members (excludes halogenated alkanes) is 3. The number of carbonyl (C=O) groups excluding carboxylic acids is 3. The van der Waals surface area contributed by atoms with E-state index in [1.807, 2.05) is 6.92 Å². The molecule has 0 spiro atoms. The van der Waals surface area contributed by atoms with Gasteiger partial charge in [-0.05, 0) is 6.42 Å². The van der Waals surface area contributed by atoms with Crippen LogP contribution >= 0.6 is 0 Å². The second-order valence-corrected chi connectivity index (χ2v) is 3.79. The first-order valence-electron chi connectivity index (χ1n) is 5.61. The molecule has 0 atom stereocenters. The minimum atomic E-state index is -5.22. The average molecular weight is 268 g/mol. The Kier molecular flexibility index (Phi) is 7.23. The van der Waals surface area contributed by atoms with Crippen LogP contribution in [0.4, 0.5) is 13.2 Å². The third-order valence-electron chi connectivity index (χ3n) is 2.09. The van der Waals surface area contributed by atoms with Crippen molar-refractivity contribution in [2.45, 2.75) is 51.6 Å². The van der Waals surface area contributed by atoms with Crippen LogP contribution in [0.3, 0.4) is 0 Å². The molecule has 0 heterocycles. The molecule has 0 fully saturated rings. The standard InChI is InChI=1S/C11H15F3O4/c1-2-3-4-5-6-8(15)7-9(16)18-10(17)11(12,13)14/h2-7H2,1H3. The summed E-state index contributed by atoms with van der Waals surface area (Å²) in [4.78, 5) is 32.3. The molecule has 0 N–H and O–H groups in total. The Morgan fingerprint density at radius 1 is 1.06 bits per heavy atom. The maximum Gasteiger partial charge on any atom is 0.491 e. The van der Waals surface area contributed by atoms with Gasteiger partial charge < -0.3 is 4.74 Å². The monoisotopic (exact) mass is 268 g/mol. The van der Waals surface area contributed by atoms with E-state index in [1.54, 1.807) is 0 Å². The number of hydrogen-bond donors (Lipinski definition) is 0. The van der Waals surface area contributed by atoms with Gasteiger partial charge in [0.05, 0.1) is 0 Å². The van der Waals surface area contributed by atoms with Crippen molar-refractivity contribution < 1.29 is 32.3 Å². The number of carbonyl (C=O) groups is 3. The molecule has 7 heteroatoms. The molecule has 4 nitrogen and oxygen atoms in total. The van der Waals surface area contributed by atoms with Gasteiger partial charge in [-0.1, -0.05) is 26.2 Å². The zero-order valence-electron chi connectivity index (χ0n) is 10.0. The van der Waals surface area contributed by atoms with Crippen molar-refractivity contribution in [3.8, 4) is 0 Å². The summed E-state index contributed by atoms with van der Waals surface area (Å²) in [6.07, 6.45) is -2.59. The first-order valence-corrected chi connectivity index (χ1v) is 5.61. The van der Waals surface area contributed by atoms with Crippen LogP contribution in [0, 0.1) is 0 Å². The second-order valence-electron chi connectivity index (χ2n) is 3.79. The maximum absolute atomic E-state index is 11.7. The van der Waals surface area contributed by atoms with Crippen LogP contribution < -0.4 is 0 Å². The van der Waals surface area contributed by atoms with Crippen molar-refractivity contribution >= 4 is 17.7 Å². The quantitative estimate of drug-likeness (QED) is 0.404. The fraction of sp³-hybridized carbons (Fsp3) is 0.727. The summed E-state index contributed by atoms with van der Waals surface area (Å²) in [5.41, 5.74) is 0. The minimum Gasteiger partial charge on any atom is -0.386 e. The Morgan fingerprint density at radius 3 is 2.17 bits per heavy atom. The summed E-state index contributed by atoms with van der Waals surface area (Å²) in [7, 11) is 0. The third-order valence-corrected chi connectivity index (χ3v) is 2.09. The van der Waals surface area contributed by atoms with Gasteiger partial charge in [0.15, 0.2) is 0 Å². The van der Waals surface area contributed by atoms with Crippen LogP contribution in [-0.2, 0) is 19.1 Å². The topological polar surface area (TPSA) is 60.4 Å². The van der Waals surface area contributed by atoms with Crippen molar-refractivity contribution in [2.24, 2.45) is 0 Å². The number of esters is 2. The average Bonchev–Trinajstić information content (AvgIpc) is 2.22. The Labute approximate surface area is 102 Å². The Bertz CT molecular complexity index is 310. The molecule has 104 valence electrons. The molecule has 0 radical (unpaired) electrons. The smallest absolute Gasteiger partial charge is 0.386 e. The molecule has 0 aromatic carbocycles. The number of ether oxygens (including phenoxy) is 1. The fourth-order valence-corrected chi connectivity index (χ4v) is 1.20. The number of hydrogen-bond acceptors (Lipinski definition) is 4. The van der Waals surface area contributed by atoms with Crippen LogP contribution in [0.5, 0.6) is 0 Å². The van der Waals surface area contributed by atoms with Crippen LogP contribution in [0.15, 0.2) is 0 Å². The van der Waals surface area contributed by atoms with E-state index < -0.39 is 30.3 Å². The Hall–Kier alpha value is -1.40. The summed E-state index contributed by atoms with van der Waals surface area (Å²) >= 11 is 0. The van der Waals surface area contributed by atoms with E-state index in [2.05, 4.69) is 4.74 Å². The highest BCUT2D eigenvalue weighted by molar-refractivity contribution is 5.99. The van der Waals surface area contributed by atoms with Gasteiger partial charge >= 0.3 is 18.1 Å². The summed E-state index contributed by atoms with van der Waals surface area (Å²) in [6, 6.07) is 0. The molecule has 18 heavy (non-hydrogen) atoms. The Morgan fingerprint density at radius 2 is 1.67 bits per heavy atom. The number of Topliss-reactive ketones (excluding diaryl/α,β-unsaturated/α-hetero) is 1. The molecule has 0 aliphatic heterocycles. The first kappa shape index (κ1) is 16.6. The van der Waals surface area contributed by atoms with E-state index in [1.165, 1.54) is 0 Å². The fourth-order valence-electron chi connectivity index (χ4n) is 1.20. The zero-order chi connectivity index (χ0) is 14.2. The van der Waals surface area contributed by atoms with Crippen molar-refractivity contribution in [1.82, 2.24) is 0 Å². The van der Waals surface area contributed by atoms with Gasteiger partial charge in [-0.3, -0.25) is 9.59 Å². The number of ketones is 1. The summed E-state index contributed by atoms with van der Waals surface area (Å²) in [5.74, 6) is -4.57. The van der Waals surface area contributed by atoms with E-state index in [9.17, 15) is 27.6 Å². The molecule has 0 aliphatic carbocycles. The van der Waals surface area contributed by atoms with Crippen molar-refractivity contribution in [1.29, 1.82) is 0 Å². The predicted octanol–water partition coefficient (Wildman–Crippen LogP) is 2.55. The minimum absolute atomic E-state index is 0.106. The van der Waals surface area contributed by atoms with Gasteiger partial charge in [-0.2, -0.15) is 13.2 Å². The highest BCUT2D eigenvalue weighted by atomic mass is 19.4. The van der Waals surface area contributed by atoms with Crippen molar-refractivity contribution in [3.05, 3.63) is 0 Å². The largest absolute Gasteiger partial charge is 0.491 e. The summed E-state index contributed by atoms with van der Waals surface area (Å²) in [6.45, 7) is 1.99. The second kappa shape index (κ2) is 7.84. The lowest BCUT2D eigenvalue weighted by Gasteiger charge is -2.05. The SMILES string of the molecule is CCCCCCC(=O)CC(=O)OC(=O)C(F)(F)F. The molecule has 0 amide bonds. The number of rotatable bonds is 7.